The van der Waals surface area contributed by atoms with Gasteiger partial charge in [-0.15, -0.1) is 0 Å². The predicted octanol–water partition coefficient (Wildman–Crippen LogP) is 2.79. The van der Waals surface area contributed by atoms with E-state index in [4.69, 9.17) is 11.6 Å². The van der Waals surface area contributed by atoms with Crippen LogP contribution in [0.5, 0.6) is 0 Å². The maximum absolute atomic E-state index is 10.9. The number of halogens is 1. The highest BCUT2D eigenvalue weighted by Gasteiger charge is 2.17. The lowest BCUT2D eigenvalue weighted by atomic mass is 10.1. The molecule has 104 valence electrons. The van der Waals surface area contributed by atoms with E-state index in [-0.39, 0.29) is 23.2 Å². The quantitative estimate of drug-likeness (QED) is 0.503. The minimum atomic E-state index is -0.795. The molecule has 2 rings (SSSR count). The number of anilines is 1. The van der Waals surface area contributed by atoms with Crippen molar-refractivity contribution in [1.82, 2.24) is 4.98 Å². The van der Waals surface area contributed by atoms with E-state index in [2.05, 4.69) is 10.3 Å². The van der Waals surface area contributed by atoms with Gasteiger partial charge in [0.15, 0.2) is 0 Å². The van der Waals surface area contributed by atoms with Gasteiger partial charge in [-0.3, -0.25) is 10.1 Å². The molecule has 20 heavy (non-hydrogen) atoms. The average molecular weight is 294 g/mol. The largest absolute Gasteiger partial charge is 0.387 e. The lowest BCUT2D eigenvalue weighted by Gasteiger charge is -2.12. The van der Waals surface area contributed by atoms with Crippen LogP contribution in [-0.2, 0) is 0 Å². The molecule has 1 aromatic heterocycles. The fourth-order valence-electron chi connectivity index (χ4n) is 1.69. The van der Waals surface area contributed by atoms with Crippen LogP contribution in [0, 0.1) is 10.1 Å². The van der Waals surface area contributed by atoms with E-state index in [1.54, 1.807) is 24.3 Å². The predicted molar refractivity (Wildman–Crippen MR) is 75.8 cm³/mol. The molecule has 0 aliphatic carbocycles. The first-order valence-electron chi connectivity index (χ1n) is 5.85. The zero-order chi connectivity index (χ0) is 14.5. The molecular formula is C13H12ClN3O3. The Morgan fingerprint density at radius 1 is 1.30 bits per heavy atom. The SMILES string of the molecule is O=[N+]([O-])c1ccc(Cl)nc1NCC(O)c1ccccc1. The van der Waals surface area contributed by atoms with Crippen LogP contribution in [0.2, 0.25) is 5.15 Å². The van der Waals surface area contributed by atoms with Gasteiger partial charge in [-0.25, -0.2) is 4.98 Å². The lowest BCUT2D eigenvalue weighted by Crippen LogP contribution is -2.14. The maximum atomic E-state index is 10.9. The summed E-state index contributed by atoms with van der Waals surface area (Å²) in [6, 6.07) is 11.6. The van der Waals surface area contributed by atoms with E-state index >= 15 is 0 Å². The van der Waals surface area contributed by atoms with Crippen LogP contribution in [0.15, 0.2) is 42.5 Å². The number of pyridine rings is 1. The van der Waals surface area contributed by atoms with E-state index in [0.29, 0.717) is 5.56 Å². The molecule has 6 nitrogen and oxygen atoms in total. The minimum absolute atomic E-state index is 0.0393. The number of hydrogen-bond acceptors (Lipinski definition) is 5. The number of hydrogen-bond donors (Lipinski definition) is 2. The average Bonchev–Trinajstić information content (AvgIpc) is 2.45. The van der Waals surface area contributed by atoms with Crippen molar-refractivity contribution in [2.45, 2.75) is 6.10 Å². The summed E-state index contributed by atoms with van der Waals surface area (Å²) in [6.07, 6.45) is -0.795. The fraction of sp³-hybridized carbons (Fsp3) is 0.154. The Kier molecular flexibility index (Phi) is 4.49. The molecule has 1 unspecified atom stereocenters. The van der Waals surface area contributed by atoms with Gasteiger partial charge in [-0.2, -0.15) is 0 Å². The number of aromatic nitrogens is 1. The highest BCUT2D eigenvalue weighted by atomic mass is 35.5. The standard InChI is InChI=1S/C13H12ClN3O3/c14-12-7-6-10(17(19)20)13(16-12)15-8-11(18)9-4-2-1-3-5-9/h1-7,11,18H,8H2,(H,15,16). The number of nitrogens with zero attached hydrogens (tertiary/aromatic N) is 2. The molecule has 0 saturated carbocycles. The van der Waals surface area contributed by atoms with E-state index in [1.807, 2.05) is 6.07 Å². The molecule has 0 bridgehead atoms. The highest BCUT2D eigenvalue weighted by molar-refractivity contribution is 6.29. The first-order valence-corrected chi connectivity index (χ1v) is 6.23. The van der Waals surface area contributed by atoms with Crippen molar-refractivity contribution < 1.29 is 10.0 Å². The van der Waals surface area contributed by atoms with Gasteiger partial charge in [0.05, 0.1) is 11.0 Å². The summed E-state index contributed by atoms with van der Waals surface area (Å²) in [6.45, 7) is 0.0954. The smallest absolute Gasteiger partial charge is 0.311 e. The fourth-order valence-corrected chi connectivity index (χ4v) is 1.84. The van der Waals surface area contributed by atoms with Crippen molar-refractivity contribution in [2.24, 2.45) is 0 Å². The second-order valence-corrected chi connectivity index (χ2v) is 4.45. The van der Waals surface area contributed by atoms with Crippen LogP contribution in [0.4, 0.5) is 11.5 Å². The summed E-state index contributed by atoms with van der Waals surface area (Å²) in [5.74, 6) is 0.0393. The Morgan fingerprint density at radius 2 is 2.00 bits per heavy atom. The summed E-state index contributed by atoms with van der Waals surface area (Å²) in [7, 11) is 0. The van der Waals surface area contributed by atoms with Gasteiger partial charge in [-0.1, -0.05) is 41.9 Å². The number of rotatable bonds is 5. The van der Waals surface area contributed by atoms with E-state index in [0.717, 1.165) is 0 Å². The van der Waals surface area contributed by atoms with Gasteiger partial charge < -0.3 is 10.4 Å². The molecule has 1 heterocycles. The first-order chi connectivity index (χ1) is 9.58. The summed E-state index contributed by atoms with van der Waals surface area (Å²) >= 11 is 5.72. The molecule has 2 N–H and O–H groups in total. The van der Waals surface area contributed by atoms with Crippen LogP contribution >= 0.6 is 11.6 Å². The molecule has 2 aromatic rings. The van der Waals surface area contributed by atoms with Crippen LogP contribution in [-0.4, -0.2) is 21.6 Å². The molecular weight excluding hydrogens is 282 g/mol. The molecule has 0 fully saturated rings. The van der Waals surface area contributed by atoms with Crippen LogP contribution in [0.1, 0.15) is 11.7 Å². The van der Waals surface area contributed by atoms with Gasteiger partial charge in [0.25, 0.3) is 0 Å². The molecule has 1 aromatic carbocycles. The molecule has 0 aliphatic rings. The van der Waals surface area contributed by atoms with Crippen LogP contribution in [0.25, 0.3) is 0 Å². The summed E-state index contributed by atoms with van der Waals surface area (Å²) < 4.78 is 0. The van der Waals surface area contributed by atoms with Crippen molar-refractivity contribution in [2.75, 3.05) is 11.9 Å². The van der Waals surface area contributed by atoms with Crippen molar-refractivity contribution in [3.63, 3.8) is 0 Å². The topological polar surface area (TPSA) is 88.3 Å². The third kappa shape index (κ3) is 3.43. The Morgan fingerprint density at radius 3 is 2.65 bits per heavy atom. The van der Waals surface area contributed by atoms with E-state index < -0.39 is 11.0 Å². The highest BCUT2D eigenvalue weighted by Crippen LogP contribution is 2.24. The van der Waals surface area contributed by atoms with Crippen molar-refractivity contribution >= 4 is 23.1 Å². The van der Waals surface area contributed by atoms with Crippen molar-refractivity contribution in [1.29, 1.82) is 0 Å². The van der Waals surface area contributed by atoms with Gasteiger partial charge in [0.1, 0.15) is 5.15 Å². The molecule has 7 heteroatoms. The van der Waals surface area contributed by atoms with Crippen LogP contribution in [0.3, 0.4) is 0 Å². The third-order valence-corrected chi connectivity index (χ3v) is 2.89. The van der Waals surface area contributed by atoms with Crippen molar-refractivity contribution in [3.8, 4) is 0 Å². The minimum Gasteiger partial charge on any atom is -0.387 e. The second kappa shape index (κ2) is 6.31. The number of nitro groups is 1. The second-order valence-electron chi connectivity index (χ2n) is 4.07. The molecule has 0 amide bonds. The lowest BCUT2D eigenvalue weighted by molar-refractivity contribution is -0.384. The number of nitrogens with one attached hydrogen (secondary N) is 1. The van der Waals surface area contributed by atoms with Crippen molar-refractivity contribution in [3.05, 3.63) is 63.3 Å². The maximum Gasteiger partial charge on any atom is 0.311 e. The normalized spacial score (nSPS) is 11.9. The summed E-state index contributed by atoms with van der Waals surface area (Å²) in [5, 5.41) is 23.7. The van der Waals surface area contributed by atoms with E-state index in [1.165, 1.54) is 12.1 Å². The molecule has 0 aliphatic heterocycles. The zero-order valence-electron chi connectivity index (χ0n) is 10.4. The first kappa shape index (κ1) is 14.2. The van der Waals surface area contributed by atoms with Gasteiger partial charge in [0, 0.05) is 12.6 Å². The Balaban J connectivity index is 2.11. The molecule has 0 spiro atoms. The Labute approximate surface area is 120 Å². The third-order valence-electron chi connectivity index (χ3n) is 2.68. The zero-order valence-corrected chi connectivity index (χ0v) is 11.1. The number of aliphatic hydroxyl groups is 1. The van der Waals surface area contributed by atoms with Crippen LogP contribution < -0.4 is 5.32 Å². The van der Waals surface area contributed by atoms with Gasteiger partial charge >= 0.3 is 5.69 Å². The van der Waals surface area contributed by atoms with Gasteiger partial charge in [0.2, 0.25) is 5.82 Å². The Hall–Kier alpha value is -2.18. The monoisotopic (exact) mass is 293 g/mol. The Bertz CT molecular complexity index is 607. The number of benzene rings is 1. The molecule has 0 saturated heterocycles. The molecule has 0 radical (unpaired) electrons. The van der Waals surface area contributed by atoms with E-state index in [9.17, 15) is 15.2 Å². The molecule has 1 atom stereocenters. The summed E-state index contributed by atoms with van der Waals surface area (Å²) in [4.78, 5) is 14.2. The summed E-state index contributed by atoms with van der Waals surface area (Å²) in [5.41, 5.74) is 0.527. The van der Waals surface area contributed by atoms with Gasteiger partial charge in [-0.05, 0) is 11.6 Å². The number of aliphatic hydroxyl groups excluding tert-OH is 1.